The van der Waals surface area contributed by atoms with Gasteiger partial charge in [0.1, 0.15) is 6.61 Å². The molecule has 0 aliphatic rings. The lowest BCUT2D eigenvalue weighted by Crippen LogP contribution is -2.11. The molecule has 0 aliphatic heterocycles. The topological polar surface area (TPSA) is 26.3 Å². The molecule has 5 heteroatoms. The van der Waals surface area contributed by atoms with Crippen molar-refractivity contribution in [2.75, 3.05) is 0 Å². The van der Waals surface area contributed by atoms with Crippen molar-refractivity contribution >= 4 is 5.97 Å². The van der Waals surface area contributed by atoms with Gasteiger partial charge in [-0.05, 0) is 30.2 Å². The van der Waals surface area contributed by atoms with Gasteiger partial charge in [0.15, 0.2) is 0 Å². The van der Waals surface area contributed by atoms with E-state index in [1.165, 1.54) is 6.07 Å². The number of carbonyl (C=O) groups is 1. The van der Waals surface area contributed by atoms with Gasteiger partial charge in [0, 0.05) is 0 Å². The molecule has 0 saturated carbocycles. The van der Waals surface area contributed by atoms with Crippen molar-refractivity contribution in [3.63, 3.8) is 0 Å². The van der Waals surface area contributed by atoms with Gasteiger partial charge in [-0.15, -0.1) is 0 Å². The van der Waals surface area contributed by atoms with Crippen LogP contribution in [0.2, 0.25) is 0 Å². The van der Waals surface area contributed by atoms with E-state index in [4.69, 9.17) is 4.74 Å². The standard InChI is InChI=1S/C16H13F3O2/c1-11-7-8-13(16(17,18)19)9-14(11)15(20)21-10-12-5-3-2-4-6-12/h2-9H,10H2,1H3. The molecule has 0 bridgehead atoms. The molecule has 0 atom stereocenters. The average Bonchev–Trinajstić information content (AvgIpc) is 2.45. The molecule has 2 nitrogen and oxygen atoms in total. The van der Waals surface area contributed by atoms with E-state index in [2.05, 4.69) is 0 Å². The molecule has 0 radical (unpaired) electrons. The number of ether oxygens (including phenoxy) is 1. The third-order valence-electron chi connectivity index (χ3n) is 3.00. The number of halogens is 3. The summed E-state index contributed by atoms with van der Waals surface area (Å²) in [6.45, 7) is 1.59. The zero-order valence-corrected chi connectivity index (χ0v) is 11.3. The number of esters is 1. The molecular formula is C16H13F3O2. The molecule has 21 heavy (non-hydrogen) atoms. The van der Waals surface area contributed by atoms with Gasteiger partial charge in [0.2, 0.25) is 0 Å². The van der Waals surface area contributed by atoms with Crippen molar-refractivity contribution in [1.29, 1.82) is 0 Å². The SMILES string of the molecule is Cc1ccc(C(F)(F)F)cc1C(=O)OCc1ccccc1. The van der Waals surface area contributed by atoms with Crippen LogP contribution in [-0.4, -0.2) is 5.97 Å². The summed E-state index contributed by atoms with van der Waals surface area (Å²) in [6, 6.07) is 12.0. The summed E-state index contributed by atoms with van der Waals surface area (Å²) in [6.07, 6.45) is -4.48. The molecule has 2 rings (SSSR count). The van der Waals surface area contributed by atoms with Crippen LogP contribution in [0, 0.1) is 6.92 Å². The van der Waals surface area contributed by atoms with E-state index in [-0.39, 0.29) is 12.2 Å². The number of aryl methyl sites for hydroxylation is 1. The van der Waals surface area contributed by atoms with Crippen LogP contribution in [0.3, 0.4) is 0 Å². The van der Waals surface area contributed by atoms with E-state index >= 15 is 0 Å². The fourth-order valence-corrected chi connectivity index (χ4v) is 1.82. The fourth-order valence-electron chi connectivity index (χ4n) is 1.82. The normalized spacial score (nSPS) is 11.2. The second-order valence-corrected chi connectivity index (χ2v) is 4.59. The Morgan fingerprint density at radius 3 is 2.38 bits per heavy atom. The highest BCUT2D eigenvalue weighted by atomic mass is 19.4. The van der Waals surface area contributed by atoms with E-state index in [0.717, 1.165) is 17.7 Å². The minimum atomic E-state index is -4.48. The highest BCUT2D eigenvalue weighted by Gasteiger charge is 2.31. The lowest BCUT2D eigenvalue weighted by Gasteiger charge is -2.11. The molecule has 110 valence electrons. The maximum atomic E-state index is 12.7. The molecule has 0 unspecified atom stereocenters. The first kappa shape index (κ1) is 15.1. The number of hydrogen-bond acceptors (Lipinski definition) is 2. The predicted molar refractivity (Wildman–Crippen MR) is 71.7 cm³/mol. The molecular weight excluding hydrogens is 281 g/mol. The van der Waals surface area contributed by atoms with Crippen molar-refractivity contribution in [2.24, 2.45) is 0 Å². The first-order valence-electron chi connectivity index (χ1n) is 6.27. The van der Waals surface area contributed by atoms with Crippen LogP contribution in [0.5, 0.6) is 0 Å². The summed E-state index contributed by atoms with van der Waals surface area (Å²) in [5.41, 5.74) is 0.289. The minimum absolute atomic E-state index is 0.0232. The van der Waals surface area contributed by atoms with Gasteiger partial charge in [-0.1, -0.05) is 36.4 Å². The van der Waals surface area contributed by atoms with Crippen LogP contribution in [0.15, 0.2) is 48.5 Å². The van der Waals surface area contributed by atoms with Crippen molar-refractivity contribution in [3.05, 3.63) is 70.8 Å². The molecule has 0 heterocycles. The Morgan fingerprint density at radius 1 is 1.10 bits per heavy atom. The summed E-state index contributed by atoms with van der Waals surface area (Å²) < 4.78 is 43.0. The molecule has 0 spiro atoms. The summed E-state index contributed by atoms with van der Waals surface area (Å²) in [5, 5.41) is 0. The van der Waals surface area contributed by atoms with Gasteiger partial charge in [0.05, 0.1) is 11.1 Å². The van der Waals surface area contributed by atoms with Gasteiger partial charge in [-0.3, -0.25) is 0 Å². The van der Waals surface area contributed by atoms with Crippen molar-refractivity contribution in [3.8, 4) is 0 Å². The Balaban J connectivity index is 2.15. The average molecular weight is 294 g/mol. The van der Waals surface area contributed by atoms with Gasteiger partial charge in [-0.25, -0.2) is 4.79 Å². The summed E-state index contributed by atoms with van der Waals surface area (Å²) >= 11 is 0. The Labute approximate surface area is 120 Å². The van der Waals surface area contributed by atoms with E-state index in [9.17, 15) is 18.0 Å². The van der Waals surface area contributed by atoms with E-state index < -0.39 is 17.7 Å². The Kier molecular flexibility index (Phi) is 4.31. The molecule has 0 amide bonds. The van der Waals surface area contributed by atoms with Crippen LogP contribution in [0.25, 0.3) is 0 Å². The largest absolute Gasteiger partial charge is 0.457 e. The number of alkyl halides is 3. The zero-order chi connectivity index (χ0) is 15.5. The lowest BCUT2D eigenvalue weighted by molar-refractivity contribution is -0.137. The maximum absolute atomic E-state index is 12.7. The Hall–Kier alpha value is -2.30. The van der Waals surface area contributed by atoms with Crippen molar-refractivity contribution < 1.29 is 22.7 Å². The highest BCUT2D eigenvalue weighted by Crippen LogP contribution is 2.30. The second-order valence-electron chi connectivity index (χ2n) is 4.59. The number of rotatable bonds is 3. The summed E-state index contributed by atoms with van der Waals surface area (Å²) in [7, 11) is 0. The molecule has 2 aromatic rings. The molecule has 0 N–H and O–H groups in total. The molecule has 0 aromatic heterocycles. The first-order valence-corrected chi connectivity index (χ1v) is 6.27. The molecule has 0 aliphatic carbocycles. The Morgan fingerprint density at radius 2 is 1.76 bits per heavy atom. The zero-order valence-electron chi connectivity index (χ0n) is 11.3. The van der Waals surface area contributed by atoms with Gasteiger partial charge >= 0.3 is 12.1 Å². The second kappa shape index (κ2) is 5.99. The number of benzene rings is 2. The molecule has 0 saturated heterocycles. The Bertz CT molecular complexity index is 634. The number of hydrogen-bond donors (Lipinski definition) is 0. The quantitative estimate of drug-likeness (QED) is 0.786. The summed E-state index contributed by atoms with van der Waals surface area (Å²) in [5.74, 6) is -0.762. The number of carbonyl (C=O) groups excluding carboxylic acids is 1. The third kappa shape index (κ3) is 3.84. The predicted octanol–water partition coefficient (Wildman–Crippen LogP) is 4.37. The van der Waals surface area contributed by atoms with Crippen molar-refractivity contribution in [2.45, 2.75) is 19.7 Å². The van der Waals surface area contributed by atoms with Gasteiger partial charge in [-0.2, -0.15) is 13.2 Å². The van der Waals surface area contributed by atoms with Crippen LogP contribution in [0.4, 0.5) is 13.2 Å². The highest BCUT2D eigenvalue weighted by molar-refractivity contribution is 5.91. The van der Waals surface area contributed by atoms with Gasteiger partial charge in [0.25, 0.3) is 0 Å². The lowest BCUT2D eigenvalue weighted by atomic mass is 10.0. The van der Waals surface area contributed by atoms with E-state index in [1.807, 2.05) is 6.07 Å². The van der Waals surface area contributed by atoms with Crippen LogP contribution in [0.1, 0.15) is 27.0 Å². The minimum Gasteiger partial charge on any atom is -0.457 e. The van der Waals surface area contributed by atoms with Crippen molar-refractivity contribution in [1.82, 2.24) is 0 Å². The fraction of sp³-hybridized carbons (Fsp3) is 0.188. The van der Waals surface area contributed by atoms with E-state index in [1.54, 1.807) is 31.2 Å². The smallest absolute Gasteiger partial charge is 0.416 e. The van der Waals surface area contributed by atoms with Crippen LogP contribution < -0.4 is 0 Å². The maximum Gasteiger partial charge on any atom is 0.416 e. The van der Waals surface area contributed by atoms with Crippen LogP contribution in [-0.2, 0) is 17.5 Å². The first-order chi connectivity index (χ1) is 9.88. The summed E-state index contributed by atoms with van der Waals surface area (Å²) in [4.78, 5) is 11.9. The van der Waals surface area contributed by atoms with Crippen LogP contribution >= 0.6 is 0 Å². The third-order valence-corrected chi connectivity index (χ3v) is 3.00. The monoisotopic (exact) mass is 294 g/mol. The molecule has 0 fully saturated rings. The van der Waals surface area contributed by atoms with Gasteiger partial charge < -0.3 is 4.74 Å². The molecule has 2 aromatic carbocycles. The van der Waals surface area contributed by atoms with E-state index in [0.29, 0.717) is 5.56 Å².